The molecule has 21 heavy (non-hydrogen) atoms. The summed E-state index contributed by atoms with van der Waals surface area (Å²) in [4.78, 5) is 0. The second-order valence-corrected chi connectivity index (χ2v) is 5.35. The minimum absolute atomic E-state index is 0.242. The first-order chi connectivity index (χ1) is 10.0. The van der Waals surface area contributed by atoms with Crippen LogP contribution in [-0.4, -0.2) is 13.2 Å². The topological polar surface area (TPSA) is 18.5 Å². The van der Waals surface area contributed by atoms with Crippen molar-refractivity contribution in [1.29, 1.82) is 0 Å². The molecule has 0 aromatic heterocycles. The molecule has 0 fully saturated rings. The number of ether oxygens (including phenoxy) is 2. The SMILES string of the molecule is CCC#CC(C)C(C)c1cc(OCC)c(OCC)cc1Cl. The van der Waals surface area contributed by atoms with E-state index in [4.69, 9.17) is 21.1 Å². The van der Waals surface area contributed by atoms with Crippen LogP contribution >= 0.6 is 11.6 Å². The fourth-order valence-electron chi connectivity index (χ4n) is 2.09. The highest BCUT2D eigenvalue weighted by Gasteiger charge is 2.19. The summed E-state index contributed by atoms with van der Waals surface area (Å²) in [5.41, 5.74) is 1.06. The van der Waals surface area contributed by atoms with Gasteiger partial charge in [-0.05, 0) is 31.4 Å². The Morgan fingerprint density at radius 1 is 1.05 bits per heavy atom. The van der Waals surface area contributed by atoms with Gasteiger partial charge in [0.1, 0.15) is 0 Å². The van der Waals surface area contributed by atoms with Gasteiger partial charge in [-0.25, -0.2) is 0 Å². The summed E-state index contributed by atoms with van der Waals surface area (Å²) in [5.74, 6) is 8.35. The molecule has 2 unspecified atom stereocenters. The molecule has 116 valence electrons. The molecule has 0 spiro atoms. The van der Waals surface area contributed by atoms with Gasteiger partial charge in [0, 0.05) is 23.4 Å². The van der Waals surface area contributed by atoms with Gasteiger partial charge in [0.15, 0.2) is 11.5 Å². The van der Waals surface area contributed by atoms with Crippen molar-refractivity contribution < 1.29 is 9.47 Å². The Balaban J connectivity index is 3.14. The van der Waals surface area contributed by atoms with Gasteiger partial charge >= 0.3 is 0 Å². The predicted molar refractivity (Wildman–Crippen MR) is 89.4 cm³/mol. The molecule has 0 aliphatic heterocycles. The van der Waals surface area contributed by atoms with Crippen LogP contribution in [0, 0.1) is 17.8 Å². The maximum atomic E-state index is 6.43. The highest BCUT2D eigenvalue weighted by Crippen LogP contribution is 2.38. The van der Waals surface area contributed by atoms with Gasteiger partial charge < -0.3 is 9.47 Å². The van der Waals surface area contributed by atoms with Crippen LogP contribution in [0.3, 0.4) is 0 Å². The van der Waals surface area contributed by atoms with E-state index in [1.165, 1.54) is 0 Å². The molecule has 0 saturated heterocycles. The van der Waals surface area contributed by atoms with Gasteiger partial charge in [-0.2, -0.15) is 0 Å². The summed E-state index contributed by atoms with van der Waals surface area (Å²) in [6.45, 7) is 11.4. The van der Waals surface area contributed by atoms with E-state index in [0.717, 1.165) is 17.7 Å². The van der Waals surface area contributed by atoms with E-state index in [-0.39, 0.29) is 11.8 Å². The minimum atomic E-state index is 0.242. The van der Waals surface area contributed by atoms with E-state index in [9.17, 15) is 0 Å². The highest BCUT2D eigenvalue weighted by atomic mass is 35.5. The zero-order valence-electron chi connectivity index (χ0n) is 13.6. The van der Waals surface area contributed by atoms with Gasteiger partial charge in [0.05, 0.1) is 13.2 Å². The molecule has 0 aliphatic rings. The lowest BCUT2D eigenvalue weighted by atomic mass is 9.89. The Bertz CT molecular complexity index is 514. The van der Waals surface area contributed by atoms with Gasteiger partial charge in [0.2, 0.25) is 0 Å². The Morgan fingerprint density at radius 3 is 2.14 bits per heavy atom. The molecular weight excluding hydrogens is 284 g/mol. The summed E-state index contributed by atoms with van der Waals surface area (Å²) in [7, 11) is 0. The van der Waals surface area contributed by atoms with Crippen LogP contribution in [0.15, 0.2) is 12.1 Å². The van der Waals surface area contributed by atoms with E-state index in [2.05, 4.69) is 32.6 Å². The second kappa shape index (κ2) is 8.85. The van der Waals surface area contributed by atoms with E-state index in [0.29, 0.717) is 24.0 Å². The van der Waals surface area contributed by atoms with Crippen LogP contribution in [0.4, 0.5) is 0 Å². The molecule has 0 N–H and O–H groups in total. The standard InChI is InChI=1S/C18H25ClO2/c1-6-9-10-13(4)14(5)15-11-17(20-7-2)18(21-8-3)12-16(15)19/h11-14H,6-8H2,1-5H3. The van der Waals surface area contributed by atoms with Gasteiger partial charge in [-0.1, -0.05) is 38.3 Å². The highest BCUT2D eigenvalue weighted by molar-refractivity contribution is 6.31. The number of halogens is 1. The third-order valence-electron chi connectivity index (χ3n) is 3.41. The Labute approximate surface area is 133 Å². The maximum absolute atomic E-state index is 6.43. The molecule has 2 nitrogen and oxygen atoms in total. The van der Waals surface area contributed by atoms with Crippen molar-refractivity contribution in [3.63, 3.8) is 0 Å². The molecule has 1 aromatic carbocycles. The van der Waals surface area contributed by atoms with Crippen LogP contribution in [0.2, 0.25) is 5.02 Å². The van der Waals surface area contributed by atoms with Crippen LogP contribution in [0.1, 0.15) is 52.5 Å². The largest absolute Gasteiger partial charge is 0.490 e. The third kappa shape index (κ3) is 4.86. The molecule has 3 heteroatoms. The minimum Gasteiger partial charge on any atom is -0.490 e. The molecule has 0 saturated carbocycles. The number of rotatable bonds is 6. The van der Waals surface area contributed by atoms with Gasteiger partial charge in [-0.15, -0.1) is 5.92 Å². The van der Waals surface area contributed by atoms with E-state index in [1.807, 2.05) is 26.0 Å². The van der Waals surface area contributed by atoms with Crippen molar-refractivity contribution in [3.05, 3.63) is 22.7 Å². The second-order valence-electron chi connectivity index (χ2n) is 4.94. The Hall–Kier alpha value is -1.33. The molecule has 0 aliphatic carbocycles. The lowest BCUT2D eigenvalue weighted by molar-refractivity contribution is 0.287. The molecule has 2 atom stereocenters. The summed E-state index contributed by atoms with van der Waals surface area (Å²) < 4.78 is 11.3. The van der Waals surface area contributed by atoms with Crippen LogP contribution in [-0.2, 0) is 0 Å². The van der Waals surface area contributed by atoms with Gasteiger partial charge in [-0.3, -0.25) is 0 Å². The maximum Gasteiger partial charge on any atom is 0.162 e. The van der Waals surface area contributed by atoms with Crippen LogP contribution < -0.4 is 9.47 Å². The normalized spacial score (nSPS) is 13.0. The van der Waals surface area contributed by atoms with Crippen molar-refractivity contribution in [1.82, 2.24) is 0 Å². The monoisotopic (exact) mass is 308 g/mol. The first-order valence-electron chi connectivity index (χ1n) is 7.62. The molecule has 1 aromatic rings. The van der Waals surface area contributed by atoms with E-state index in [1.54, 1.807) is 0 Å². The van der Waals surface area contributed by atoms with Crippen molar-refractivity contribution in [2.75, 3.05) is 13.2 Å². The Morgan fingerprint density at radius 2 is 1.62 bits per heavy atom. The lowest BCUT2D eigenvalue weighted by Gasteiger charge is -2.20. The summed E-state index contributed by atoms with van der Waals surface area (Å²) >= 11 is 6.43. The quantitative estimate of drug-likeness (QED) is 0.665. The first-order valence-corrected chi connectivity index (χ1v) is 8.00. The smallest absolute Gasteiger partial charge is 0.162 e. The molecule has 0 radical (unpaired) electrons. The molecule has 0 heterocycles. The van der Waals surface area contributed by atoms with E-state index < -0.39 is 0 Å². The zero-order valence-corrected chi connectivity index (χ0v) is 14.4. The van der Waals surface area contributed by atoms with Crippen molar-refractivity contribution in [3.8, 4) is 23.3 Å². The van der Waals surface area contributed by atoms with Gasteiger partial charge in [0.25, 0.3) is 0 Å². The van der Waals surface area contributed by atoms with E-state index >= 15 is 0 Å². The molecule has 1 rings (SSSR count). The number of benzene rings is 1. The molecular formula is C18H25ClO2. The number of hydrogen-bond donors (Lipinski definition) is 0. The van der Waals surface area contributed by atoms with Crippen molar-refractivity contribution >= 4 is 11.6 Å². The van der Waals surface area contributed by atoms with Crippen molar-refractivity contribution in [2.24, 2.45) is 5.92 Å². The average Bonchev–Trinajstić information content (AvgIpc) is 2.47. The van der Waals surface area contributed by atoms with Crippen LogP contribution in [0.5, 0.6) is 11.5 Å². The third-order valence-corrected chi connectivity index (χ3v) is 3.74. The average molecular weight is 309 g/mol. The lowest BCUT2D eigenvalue weighted by Crippen LogP contribution is -2.07. The first kappa shape index (κ1) is 17.7. The number of hydrogen-bond acceptors (Lipinski definition) is 2. The molecule has 0 bridgehead atoms. The zero-order chi connectivity index (χ0) is 15.8. The fraction of sp³-hybridized carbons (Fsp3) is 0.556. The summed E-state index contributed by atoms with van der Waals surface area (Å²) in [6, 6.07) is 3.84. The fourth-order valence-corrected chi connectivity index (χ4v) is 2.42. The predicted octanol–water partition coefficient (Wildman–Crippen LogP) is 5.29. The summed E-state index contributed by atoms with van der Waals surface area (Å²) in [5, 5.41) is 0.708. The Kier molecular flexibility index (Phi) is 7.47. The van der Waals surface area contributed by atoms with Crippen LogP contribution in [0.25, 0.3) is 0 Å². The van der Waals surface area contributed by atoms with Crippen molar-refractivity contribution in [2.45, 2.75) is 47.0 Å². The summed E-state index contributed by atoms with van der Waals surface area (Å²) in [6.07, 6.45) is 0.873. The molecule has 0 amide bonds.